The third-order valence-electron chi connectivity index (χ3n) is 2.41. The standard InChI is InChI=1S/C11H19NO/c1-4-6-10-8-7-9(5-2)11(12-10)13-3/h7,10H,4-6,8H2,1-3H3. The van der Waals surface area contributed by atoms with Gasteiger partial charge in [0.25, 0.3) is 0 Å². The van der Waals surface area contributed by atoms with Crippen molar-refractivity contribution in [1.29, 1.82) is 0 Å². The number of rotatable bonds is 3. The van der Waals surface area contributed by atoms with Gasteiger partial charge in [0.1, 0.15) is 0 Å². The van der Waals surface area contributed by atoms with Gasteiger partial charge in [-0.3, -0.25) is 0 Å². The number of aliphatic imine (C=N–C) groups is 1. The average molecular weight is 181 g/mol. The molecule has 0 saturated carbocycles. The van der Waals surface area contributed by atoms with Crippen LogP contribution in [0.3, 0.4) is 0 Å². The Hall–Kier alpha value is -0.790. The highest BCUT2D eigenvalue weighted by Gasteiger charge is 2.15. The first kappa shape index (κ1) is 10.3. The minimum absolute atomic E-state index is 0.454. The fraction of sp³-hybridized carbons (Fsp3) is 0.727. The van der Waals surface area contributed by atoms with Gasteiger partial charge in [0.15, 0.2) is 0 Å². The van der Waals surface area contributed by atoms with Gasteiger partial charge in [0.2, 0.25) is 5.90 Å². The molecule has 74 valence electrons. The highest BCUT2D eigenvalue weighted by molar-refractivity contribution is 5.94. The van der Waals surface area contributed by atoms with Crippen molar-refractivity contribution in [2.24, 2.45) is 4.99 Å². The largest absolute Gasteiger partial charge is 0.481 e. The van der Waals surface area contributed by atoms with Crippen LogP contribution in [0.5, 0.6) is 0 Å². The zero-order valence-electron chi connectivity index (χ0n) is 8.84. The van der Waals surface area contributed by atoms with E-state index in [-0.39, 0.29) is 0 Å². The monoisotopic (exact) mass is 181 g/mol. The molecule has 0 aromatic heterocycles. The summed E-state index contributed by atoms with van der Waals surface area (Å²) < 4.78 is 5.25. The molecule has 2 heteroatoms. The molecule has 1 aliphatic heterocycles. The van der Waals surface area contributed by atoms with Crippen LogP contribution in [0.25, 0.3) is 0 Å². The maximum Gasteiger partial charge on any atom is 0.211 e. The molecule has 0 spiro atoms. The summed E-state index contributed by atoms with van der Waals surface area (Å²) in [5, 5.41) is 0. The smallest absolute Gasteiger partial charge is 0.211 e. The summed E-state index contributed by atoms with van der Waals surface area (Å²) in [4.78, 5) is 4.57. The van der Waals surface area contributed by atoms with Gasteiger partial charge in [-0.1, -0.05) is 26.3 Å². The number of ether oxygens (including phenoxy) is 1. The van der Waals surface area contributed by atoms with E-state index in [1.54, 1.807) is 7.11 Å². The molecule has 2 nitrogen and oxygen atoms in total. The molecule has 0 aliphatic carbocycles. The molecule has 1 heterocycles. The highest BCUT2D eigenvalue weighted by atomic mass is 16.5. The molecular weight excluding hydrogens is 162 g/mol. The van der Waals surface area contributed by atoms with E-state index in [4.69, 9.17) is 4.74 Å². The van der Waals surface area contributed by atoms with Crippen molar-refractivity contribution < 1.29 is 4.74 Å². The Bertz CT molecular complexity index is 218. The van der Waals surface area contributed by atoms with E-state index in [2.05, 4.69) is 24.9 Å². The fourth-order valence-electron chi connectivity index (χ4n) is 1.66. The van der Waals surface area contributed by atoms with Gasteiger partial charge in [0, 0.05) is 5.57 Å². The van der Waals surface area contributed by atoms with Gasteiger partial charge < -0.3 is 4.74 Å². The molecule has 0 bridgehead atoms. The first-order chi connectivity index (χ1) is 6.31. The highest BCUT2D eigenvalue weighted by Crippen LogP contribution is 2.19. The Morgan fingerprint density at radius 2 is 2.31 bits per heavy atom. The lowest BCUT2D eigenvalue weighted by molar-refractivity contribution is 0.391. The lowest BCUT2D eigenvalue weighted by atomic mass is 10.0. The molecule has 0 radical (unpaired) electrons. The fourth-order valence-corrected chi connectivity index (χ4v) is 1.66. The van der Waals surface area contributed by atoms with Crippen molar-refractivity contribution in [1.82, 2.24) is 0 Å². The molecule has 0 fully saturated rings. The van der Waals surface area contributed by atoms with E-state index in [0.717, 1.165) is 18.7 Å². The molecule has 1 rings (SSSR count). The van der Waals surface area contributed by atoms with Crippen molar-refractivity contribution in [2.75, 3.05) is 7.11 Å². The van der Waals surface area contributed by atoms with Gasteiger partial charge in [-0.15, -0.1) is 0 Å². The van der Waals surface area contributed by atoms with E-state index in [9.17, 15) is 0 Å². The number of nitrogens with zero attached hydrogens (tertiary/aromatic N) is 1. The first-order valence-electron chi connectivity index (χ1n) is 5.13. The Labute approximate surface area is 80.7 Å². The summed E-state index contributed by atoms with van der Waals surface area (Å²) in [6.07, 6.45) is 6.74. The topological polar surface area (TPSA) is 21.6 Å². The molecule has 1 aliphatic rings. The average Bonchev–Trinajstić information content (AvgIpc) is 2.18. The summed E-state index contributed by atoms with van der Waals surface area (Å²) in [5.41, 5.74) is 1.26. The van der Waals surface area contributed by atoms with Gasteiger partial charge >= 0.3 is 0 Å². The van der Waals surface area contributed by atoms with Crippen LogP contribution in [-0.4, -0.2) is 19.0 Å². The van der Waals surface area contributed by atoms with Crippen LogP contribution in [0.1, 0.15) is 39.5 Å². The Kier molecular flexibility index (Phi) is 4.00. The van der Waals surface area contributed by atoms with Crippen molar-refractivity contribution in [3.63, 3.8) is 0 Å². The van der Waals surface area contributed by atoms with Gasteiger partial charge in [0.05, 0.1) is 13.2 Å². The van der Waals surface area contributed by atoms with Crippen LogP contribution >= 0.6 is 0 Å². The summed E-state index contributed by atoms with van der Waals surface area (Å²) in [6.45, 7) is 4.33. The first-order valence-corrected chi connectivity index (χ1v) is 5.13. The third-order valence-corrected chi connectivity index (χ3v) is 2.41. The third kappa shape index (κ3) is 2.58. The van der Waals surface area contributed by atoms with Crippen LogP contribution in [0, 0.1) is 0 Å². The Morgan fingerprint density at radius 1 is 1.54 bits per heavy atom. The van der Waals surface area contributed by atoms with Crippen LogP contribution in [-0.2, 0) is 4.74 Å². The summed E-state index contributed by atoms with van der Waals surface area (Å²) in [5.74, 6) is 0.854. The molecule has 13 heavy (non-hydrogen) atoms. The zero-order valence-corrected chi connectivity index (χ0v) is 8.84. The number of hydrogen-bond donors (Lipinski definition) is 0. The number of methoxy groups -OCH3 is 1. The summed E-state index contributed by atoms with van der Waals surface area (Å²) in [6, 6.07) is 0.454. The maximum absolute atomic E-state index is 5.25. The van der Waals surface area contributed by atoms with E-state index in [1.165, 1.54) is 18.4 Å². The van der Waals surface area contributed by atoms with Gasteiger partial charge in [-0.05, 0) is 19.3 Å². The maximum atomic E-state index is 5.25. The van der Waals surface area contributed by atoms with Crippen LogP contribution in [0.4, 0.5) is 0 Å². The predicted octanol–water partition coefficient (Wildman–Crippen LogP) is 2.94. The second kappa shape index (κ2) is 5.05. The number of dihydropyridines is 1. The molecule has 1 atom stereocenters. The summed E-state index contributed by atoms with van der Waals surface area (Å²) >= 11 is 0. The molecule has 0 amide bonds. The second-order valence-corrected chi connectivity index (χ2v) is 3.40. The normalized spacial score (nSPS) is 22.2. The lowest BCUT2D eigenvalue weighted by Gasteiger charge is -2.18. The second-order valence-electron chi connectivity index (χ2n) is 3.40. The van der Waals surface area contributed by atoms with E-state index in [0.29, 0.717) is 6.04 Å². The van der Waals surface area contributed by atoms with Crippen molar-refractivity contribution in [2.45, 2.75) is 45.6 Å². The van der Waals surface area contributed by atoms with Crippen LogP contribution in [0.15, 0.2) is 16.6 Å². The van der Waals surface area contributed by atoms with Crippen molar-refractivity contribution in [3.8, 4) is 0 Å². The predicted molar refractivity (Wildman–Crippen MR) is 56.1 cm³/mol. The molecule has 0 saturated heterocycles. The molecule has 1 unspecified atom stereocenters. The SMILES string of the molecule is CCCC1CC=C(CC)C(OC)=N1. The summed E-state index contributed by atoms with van der Waals surface area (Å²) in [7, 11) is 1.71. The molecule has 0 aromatic rings. The minimum atomic E-state index is 0.454. The Balaban J connectivity index is 2.64. The van der Waals surface area contributed by atoms with E-state index >= 15 is 0 Å². The zero-order chi connectivity index (χ0) is 9.68. The molecule has 0 N–H and O–H groups in total. The minimum Gasteiger partial charge on any atom is -0.481 e. The lowest BCUT2D eigenvalue weighted by Crippen LogP contribution is -2.17. The number of hydrogen-bond acceptors (Lipinski definition) is 2. The van der Waals surface area contributed by atoms with Crippen LogP contribution in [0.2, 0.25) is 0 Å². The van der Waals surface area contributed by atoms with Crippen LogP contribution < -0.4 is 0 Å². The van der Waals surface area contributed by atoms with Gasteiger partial charge in [-0.2, -0.15) is 0 Å². The van der Waals surface area contributed by atoms with E-state index < -0.39 is 0 Å². The van der Waals surface area contributed by atoms with Crippen molar-refractivity contribution in [3.05, 3.63) is 11.6 Å². The quantitative estimate of drug-likeness (QED) is 0.656. The molecular formula is C11H19NO. The van der Waals surface area contributed by atoms with Crippen molar-refractivity contribution >= 4 is 5.90 Å². The molecule has 0 aromatic carbocycles. The Morgan fingerprint density at radius 3 is 2.85 bits per heavy atom. The van der Waals surface area contributed by atoms with Gasteiger partial charge in [-0.25, -0.2) is 4.99 Å². The van der Waals surface area contributed by atoms with E-state index in [1.807, 2.05) is 0 Å².